The minimum atomic E-state index is -0.868. The zero-order valence-corrected chi connectivity index (χ0v) is 13.3. The lowest BCUT2D eigenvalue weighted by Crippen LogP contribution is -2.21. The van der Waals surface area contributed by atoms with Gasteiger partial charge in [-0.15, -0.1) is 11.3 Å². The largest absolute Gasteiger partial charge is 0.287 e. The Morgan fingerprint density at radius 1 is 1.32 bits per heavy atom. The fraction of sp³-hybridized carbons (Fsp3) is 0.200. The number of thioether (sulfide) groups is 1. The lowest BCUT2D eigenvalue weighted by atomic mass is 10.2. The third-order valence-electron chi connectivity index (χ3n) is 3.24. The Hall–Kier alpha value is -1.73. The Labute approximate surface area is 133 Å². The molecule has 0 amide bonds. The van der Waals surface area contributed by atoms with Crippen molar-refractivity contribution in [2.45, 2.75) is 24.4 Å². The quantitative estimate of drug-likeness (QED) is 0.532. The van der Waals surface area contributed by atoms with Crippen molar-refractivity contribution in [1.82, 2.24) is 9.55 Å². The molecule has 0 saturated heterocycles. The standard InChI is InChI=1S/C15H12F2N2OS2/c1-2-19-14(20)13-11(6-7-21-13)18-15(19)22-8-9-4-3-5-10(16)12(9)17/h3-7H,2,8H2,1H3. The smallest absolute Gasteiger partial charge is 0.272 e. The second kappa shape index (κ2) is 6.18. The molecule has 2 heterocycles. The Morgan fingerprint density at radius 3 is 2.91 bits per heavy atom. The van der Waals surface area contributed by atoms with E-state index < -0.39 is 11.6 Å². The molecule has 0 fully saturated rings. The number of rotatable bonds is 4. The number of halogens is 2. The fourth-order valence-corrected chi connectivity index (χ4v) is 3.93. The lowest BCUT2D eigenvalue weighted by molar-refractivity contribution is 0.502. The highest BCUT2D eigenvalue weighted by Crippen LogP contribution is 2.25. The molecular weight excluding hydrogens is 326 g/mol. The van der Waals surface area contributed by atoms with Crippen LogP contribution in [-0.2, 0) is 12.3 Å². The molecule has 0 aliphatic carbocycles. The molecule has 3 rings (SSSR count). The maximum Gasteiger partial charge on any atom is 0.272 e. The van der Waals surface area contributed by atoms with Crippen LogP contribution in [0.3, 0.4) is 0 Å². The molecule has 1 aromatic carbocycles. The average molecular weight is 338 g/mol. The van der Waals surface area contributed by atoms with Gasteiger partial charge in [-0.3, -0.25) is 9.36 Å². The minimum Gasteiger partial charge on any atom is -0.287 e. The molecule has 0 radical (unpaired) electrons. The molecule has 22 heavy (non-hydrogen) atoms. The van der Waals surface area contributed by atoms with Crippen LogP contribution in [-0.4, -0.2) is 9.55 Å². The van der Waals surface area contributed by atoms with Crippen LogP contribution in [0.4, 0.5) is 8.78 Å². The molecule has 7 heteroatoms. The zero-order valence-electron chi connectivity index (χ0n) is 11.7. The number of thiophene rings is 1. The van der Waals surface area contributed by atoms with E-state index in [-0.39, 0.29) is 16.9 Å². The van der Waals surface area contributed by atoms with Gasteiger partial charge in [-0.2, -0.15) is 0 Å². The molecule has 3 nitrogen and oxygen atoms in total. The van der Waals surface area contributed by atoms with E-state index in [1.807, 2.05) is 12.3 Å². The number of nitrogens with zero attached hydrogens (tertiary/aromatic N) is 2. The second-order valence-electron chi connectivity index (χ2n) is 4.58. The lowest BCUT2D eigenvalue weighted by Gasteiger charge is -2.10. The maximum atomic E-state index is 13.7. The first-order valence-corrected chi connectivity index (χ1v) is 8.52. The Bertz CT molecular complexity index is 889. The van der Waals surface area contributed by atoms with E-state index in [1.54, 1.807) is 10.6 Å². The molecule has 114 valence electrons. The molecule has 0 aliphatic heterocycles. The van der Waals surface area contributed by atoms with Gasteiger partial charge >= 0.3 is 0 Å². The van der Waals surface area contributed by atoms with E-state index in [9.17, 15) is 13.6 Å². The van der Waals surface area contributed by atoms with E-state index >= 15 is 0 Å². The SMILES string of the molecule is CCn1c(SCc2cccc(F)c2F)nc2ccsc2c1=O. The van der Waals surface area contributed by atoms with Crippen molar-refractivity contribution in [1.29, 1.82) is 0 Å². The number of aromatic nitrogens is 2. The van der Waals surface area contributed by atoms with Gasteiger partial charge in [0.2, 0.25) is 0 Å². The van der Waals surface area contributed by atoms with Crippen LogP contribution < -0.4 is 5.56 Å². The topological polar surface area (TPSA) is 34.9 Å². The average Bonchev–Trinajstić information content (AvgIpc) is 2.97. The molecule has 3 aromatic rings. The maximum absolute atomic E-state index is 13.7. The first kappa shape index (κ1) is 15.2. The summed E-state index contributed by atoms with van der Waals surface area (Å²) in [6, 6.07) is 5.87. The van der Waals surface area contributed by atoms with Gasteiger partial charge < -0.3 is 0 Å². The van der Waals surface area contributed by atoms with Crippen molar-refractivity contribution in [2.75, 3.05) is 0 Å². The van der Waals surface area contributed by atoms with E-state index in [0.29, 0.717) is 21.9 Å². The highest BCUT2D eigenvalue weighted by atomic mass is 32.2. The van der Waals surface area contributed by atoms with Crippen LogP contribution in [0.1, 0.15) is 12.5 Å². The minimum absolute atomic E-state index is 0.0929. The predicted octanol–water partition coefficient (Wildman–Crippen LogP) is 4.05. The van der Waals surface area contributed by atoms with Crippen molar-refractivity contribution in [2.24, 2.45) is 0 Å². The van der Waals surface area contributed by atoms with Gasteiger partial charge in [-0.1, -0.05) is 23.9 Å². The van der Waals surface area contributed by atoms with Crippen LogP contribution >= 0.6 is 23.1 Å². The molecule has 0 unspecified atom stereocenters. The Balaban J connectivity index is 1.96. The van der Waals surface area contributed by atoms with Gasteiger partial charge in [-0.05, 0) is 24.4 Å². The number of hydrogen-bond acceptors (Lipinski definition) is 4. The molecule has 0 aliphatic rings. The molecule has 0 atom stereocenters. The van der Waals surface area contributed by atoms with Gasteiger partial charge in [-0.25, -0.2) is 13.8 Å². The predicted molar refractivity (Wildman–Crippen MR) is 85.5 cm³/mol. The molecule has 0 spiro atoms. The van der Waals surface area contributed by atoms with Crippen LogP contribution in [0, 0.1) is 11.6 Å². The Morgan fingerprint density at radius 2 is 2.14 bits per heavy atom. The van der Waals surface area contributed by atoms with Gasteiger partial charge in [0.1, 0.15) is 4.70 Å². The van der Waals surface area contributed by atoms with Crippen LogP contribution in [0.2, 0.25) is 0 Å². The van der Waals surface area contributed by atoms with E-state index in [1.165, 1.54) is 35.2 Å². The van der Waals surface area contributed by atoms with Gasteiger partial charge in [0.15, 0.2) is 16.8 Å². The number of benzene rings is 1. The molecule has 2 aromatic heterocycles. The zero-order chi connectivity index (χ0) is 15.7. The molecule has 0 bridgehead atoms. The fourth-order valence-electron chi connectivity index (χ4n) is 2.11. The highest BCUT2D eigenvalue weighted by molar-refractivity contribution is 7.98. The summed E-state index contributed by atoms with van der Waals surface area (Å²) in [5.74, 6) is -1.50. The van der Waals surface area contributed by atoms with Crippen molar-refractivity contribution in [3.8, 4) is 0 Å². The van der Waals surface area contributed by atoms with Crippen LogP contribution in [0.15, 0.2) is 39.6 Å². The van der Waals surface area contributed by atoms with E-state index in [2.05, 4.69) is 4.98 Å². The first-order valence-electron chi connectivity index (χ1n) is 6.65. The summed E-state index contributed by atoms with van der Waals surface area (Å²) < 4.78 is 29.1. The Kier molecular flexibility index (Phi) is 4.26. The third kappa shape index (κ3) is 2.66. The summed E-state index contributed by atoms with van der Waals surface area (Å²) in [7, 11) is 0. The normalized spacial score (nSPS) is 11.2. The second-order valence-corrected chi connectivity index (χ2v) is 6.44. The van der Waals surface area contributed by atoms with Crippen molar-refractivity contribution in [3.05, 3.63) is 57.2 Å². The first-order chi connectivity index (χ1) is 10.6. The van der Waals surface area contributed by atoms with Gasteiger partial charge in [0.25, 0.3) is 5.56 Å². The highest BCUT2D eigenvalue weighted by Gasteiger charge is 2.13. The van der Waals surface area contributed by atoms with Crippen molar-refractivity contribution < 1.29 is 8.78 Å². The van der Waals surface area contributed by atoms with E-state index in [0.717, 1.165) is 6.07 Å². The summed E-state index contributed by atoms with van der Waals surface area (Å²) in [5, 5.41) is 2.33. The number of fused-ring (bicyclic) bond motifs is 1. The van der Waals surface area contributed by atoms with Crippen molar-refractivity contribution in [3.63, 3.8) is 0 Å². The summed E-state index contributed by atoms with van der Waals surface area (Å²) in [5.41, 5.74) is 0.805. The van der Waals surface area contributed by atoms with Gasteiger partial charge in [0, 0.05) is 17.9 Å². The monoisotopic (exact) mass is 338 g/mol. The summed E-state index contributed by atoms with van der Waals surface area (Å²) in [6.45, 7) is 2.34. The summed E-state index contributed by atoms with van der Waals surface area (Å²) >= 11 is 2.59. The summed E-state index contributed by atoms with van der Waals surface area (Å²) in [4.78, 5) is 16.8. The van der Waals surface area contributed by atoms with Gasteiger partial charge in [0.05, 0.1) is 5.52 Å². The third-order valence-corrected chi connectivity index (χ3v) is 5.15. The van der Waals surface area contributed by atoms with Crippen LogP contribution in [0.5, 0.6) is 0 Å². The van der Waals surface area contributed by atoms with Crippen LogP contribution in [0.25, 0.3) is 10.2 Å². The molecular formula is C15H12F2N2OS2. The van der Waals surface area contributed by atoms with Crippen molar-refractivity contribution >= 4 is 33.3 Å². The summed E-state index contributed by atoms with van der Waals surface area (Å²) in [6.07, 6.45) is 0. The molecule has 0 N–H and O–H groups in total. The molecule has 0 saturated carbocycles. The van der Waals surface area contributed by atoms with E-state index in [4.69, 9.17) is 0 Å². The number of hydrogen-bond donors (Lipinski definition) is 0.